The lowest BCUT2D eigenvalue weighted by Crippen LogP contribution is -2.47. The Morgan fingerprint density at radius 3 is 2.75 bits per heavy atom. The van der Waals surface area contributed by atoms with Crippen molar-refractivity contribution in [1.29, 1.82) is 5.26 Å². The van der Waals surface area contributed by atoms with Gasteiger partial charge in [0.25, 0.3) is 0 Å². The molecule has 1 fully saturated rings. The third-order valence-electron chi connectivity index (χ3n) is 2.69. The van der Waals surface area contributed by atoms with Gasteiger partial charge in [0.2, 0.25) is 0 Å². The van der Waals surface area contributed by atoms with Crippen LogP contribution < -0.4 is 0 Å². The highest BCUT2D eigenvalue weighted by atomic mass is 32.2. The number of hydrogen-bond donors (Lipinski definition) is 1. The van der Waals surface area contributed by atoms with Crippen molar-refractivity contribution in [3.05, 3.63) is 29.8 Å². The molecule has 3 nitrogen and oxygen atoms in total. The maximum Gasteiger partial charge on any atom is 0.100 e. The van der Waals surface area contributed by atoms with E-state index in [4.69, 9.17) is 10.00 Å². The van der Waals surface area contributed by atoms with Crippen molar-refractivity contribution in [2.45, 2.75) is 4.90 Å². The molecule has 2 rings (SSSR count). The highest BCUT2D eigenvalue weighted by Gasteiger charge is 2.38. The monoisotopic (exact) mass is 235 g/mol. The number of hydrogen-bond acceptors (Lipinski definition) is 4. The first-order chi connectivity index (χ1) is 7.79. The molecule has 1 aliphatic rings. The van der Waals surface area contributed by atoms with Gasteiger partial charge in [-0.15, -0.1) is 11.8 Å². The van der Waals surface area contributed by atoms with Gasteiger partial charge < -0.3 is 9.84 Å². The topological polar surface area (TPSA) is 53.2 Å². The van der Waals surface area contributed by atoms with Gasteiger partial charge in [-0.3, -0.25) is 0 Å². The van der Waals surface area contributed by atoms with Crippen molar-refractivity contribution in [3.63, 3.8) is 0 Å². The third-order valence-corrected chi connectivity index (χ3v) is 4.12. The van der Waals surface area contributed by atoms with Gasteiger partial charge in [-0.05, 0) is 12.1 Å². The van der Waals surface area contributed by atoms with E-state index >= 15 is 0 Å². The lowest BCUT2D eigenvalue weighted by atomic mass is 9.90. The summed E-state index contributed by atoms with van der Waals surface area (Å²) in [6.07, 6.45) is 0. The number of aliphatic hydroxyl groups excluding tert-OH is 1. The molecule has 16 heavy (non-hydrogen) atoms. The van der Waals surface area contributed by atoms with Gasteiger partial charge in [0.1, 0.15) is 6.07 Å². The fourth-order valence-electron chi connectivity index (χ4n) is 1.53. The second kappa shape index (κ2) is 4.88. The summed E-state index contributed by atoms with van der Waals surface area (Å²) in [5.41, 5.74) is 0.591. The normalized spacial score (nSPS) is 17.5. The van der Waals surface area contributed by atoms with Crippen LogP contribution in [0.15, 0.2) is 29.2 Å². The van der Waals surface area contributed by atoms with Crippen molar-refractivity contribution >= 4 is 11.8 Å². The Morgan fingerprint density at radius 1 is 1.44 bits per heavy atom. The zero-order chi connectivity index (χ0) is 11.4. The summed E-state index contributed by atoms with van der Waals surface area (Å²) in [6.45, 7) is 1.38. The van der Waals surface area contributed by atoms with Gasteiger partial charge in [0, 0.05) is 16.1 Å². The molecule has 1 aliphatic heterocycles. The Balaban J connectivity index is 2.02. The molecule has 1 aromatic rings. The number of benzene rings is 1. The van der Waals surface area contributed by atoms with Crippen LogP contribution in [0.3, 0.4) is 0 Å². The molecule has 0 bridgehead atoms. The summed E-state index contributed by atoms with van der Waals surface area (Å²) in [5, 5.41) is 18.2. The molecule has 0 unspecified atom stereocenters. The van der Waals surface area contributed by atoms with Crippen molar-refractivity contribution in [2.75, 3.05) is 25.6 Å². The van der Waals surface area contributed by atoms with Crippen LogP contribution in [-0.2, 0) is 4.74 Å². The summed E-state index contributed by atoms with van der Waals surface area (Å²) < 4.78 is 5.14. The molecule has 0 saturated carbocycles. The van der Waals surface area contributed by atoms with Crippen molar-refractivity contribution in [2.24, 2.45) is 5.41 Å². The second-order valence-corrected chi connectivity index (χ2v) is 5.06. The molecule has 0 aromatic heterocycles. The fourth-order valence-corrected chi connectivity index (χ4v) is 2.69. The van der Waals surface area contributed by atoms with Crippen LogP contribution >= 0.6 is 11.8 Å². The molecule has 1 aromatic carbocycles. The standard InChI is InChI=1S/C12H13NO2S/c13-5-10-3-1-2-4-11(10)16-9-12(6-14)7-15-8-12/h1-4,14H,6-9H2. The Morgan fingerprint density at radius 2 is 2.19 bits per heavy atom. The fraction of sp³-hybridized carbons (Fsp3) is 0.417. The molecule has 4 heteroatoms. The van der Waals surface area contributed by atoms with Crippen LogP contribution in [0.2, 0.25) is 0 Å². The SMILES string of the molecule is N#Cc1ccccc1SCC1(CO)COC1. The lowest BCUT2D eigenvalue weighted by Gasteiger charge is -2.39. The largest absolute Gasteiger partial charge is 0.396 e. The van der Waals surface area contributed by atoms with E-state index in [1.807, 2.05) is 24.3 Å². The summed E-state index contributed by atoms with van der Waals surface area (Å²) in [7, 11) is 0. The van der Waals surface area contributed by atoms with E-state index in [0.29, 0.717) is 18.8 Å². The number of rotatable bonds is 4. The molecule has 1 N–H and O–H groups in total. The summed E-state index contributed by atoms with van der Waals surface area (Å²) in [6, 6.07) is 9.70. The second-order valence-electron chi connectivity index (χ2n) is 4.05. The Hall–Kier alpha value is -1.02. The Kier molecular flexibility index (Phi) is 3.49. The summed E-state index contributed by atoms with van der Waals surface area (Å²) in [5.74, 6) is 0.794. The van der Waals surface area contributed by atoms with E-state index in [-0.39, 0.29) is 12.0 Å². The summed E-state index contributed by atoms with van der Waals surface area (Å²) in [4.78, 5) is 0.977. The van der Waals surface area contributed by atoms with Crippen molar-refractivity contribution in [1.82, 2.24) is 0 Å². The Labute approximate surface area is 99.0 Å². The lowest BCUT2D eigenvalue weighted by molar-refractivity contribution is -0.121. The minimum Gasteiger partial charge on any atom is -0.396 e. The van der Waals surface area contributed by atoms with Crippen LogP contribution in [-0.4, -0.2) is 30.7 Å². The minimum atomic E-state index is -0.104. The van der Waals surface area contributed by atoms with Crippen LogP contribution in [0.4, 0.5) is 0 Å². The zero-order valence-electron chi connectivity index (χ0n) is 8.85. The highest BCUT2D eigenvalue weighted by Crippen LogP contribution is 2.34. The highest BCUT2D eigenvalue weighted by molar-refractivity contribution is 7.99. The van der Waals surface area contributed by atoms with Gasteiger partial charge in [0.15, 0.2) is 0 Å². The molecule has 0 radical (unpaired) electrons. The molecule has 1 heterocycles. The molecule has 0 amide bonds. The van der Waals surface area contributed by atoms with Gasteiger partial charge in [-0.2, -0.15) is 5.26 Å². The van der Waals surface area contributed by atoms with E-state index in [2.05, 4.69) is 6.07 Å². The van der Waals surface area contributed by atoms with E-state index in [0.717, 1.165) is 10.6 Å². The van der Waals surface area contributed by atoms with Gasteiger partial charge in [-0.25, -0.2) is 0 Å². The number of nitrogens with zero attached hydrogens (tertiary/aromatic N) is 1. The molecule has 1 saturated heterocycles. The number of nitriles is 1. The average molecular weight is 235 g/mol. The minimum absolute atomic E-state index is 0.104. The predicted molar refractivity (Wildman–Crippen MR) is 62.2 cm³/mol. The van der Waals surface area contributed by atoms with Crippen molar-refractivity contribution < 1.29 is 9.84 Å². The smallest absolute Gasteiger partial charge is 0.100 e. The van der Waals surface area contributed by atoms with Gasteiger partial charge >= 0.3 is 0 Å². The predicted octanol–water partition coefficient (Wildman–Crippen LogP) is 1.66. The Bertz CT molecular complexity index is 404. The third kappa shape index (κ3) is 2.22. The number of thioether (sulfide) groups is 1. The van der Waals surface area contributed by atoms with Crippen molar-refractivity contribution in [3.8, 4) is 6.07 Å². The first-order valence-corrected chi connectivity index (χ1v) is 6.09. The van der Waals surface area contributed by atoms with Gasteiger partial charge in [-0.1, -0.05) is 12.1 Å². The van der Waals surface area contributed by atoms with E-state index in [1.165, 1.54) is 0 Å². The quantitative estimate of drug-likeness (QED) is 0.806. The van der Waals surface area contributed by atoms with Crippen LogP contribution in [0.5, 0.6) is 0 Å². The molecule has 0 spiro atoms. The van der Waals surface area contributed by atoms with Crippen LogP contribution in [0.25, 0.3) is 0 Å². The first kappa shape index (κ1) is 11.5. The van der Waals surface area contributed by atoms with Crippen LogP contribution in [0, 0.1) is 16.7 Å². The van der Waals surface area contributed by atoms with Crippen LogP contribution in [0.1, 0.15) is 5.56 Å². The molecule has 84 valence electrons. The molecular formula is C12H13NO2S. The first-order valence-electron chi connectivity index (χ1n) is 5.10. The van der Waals surface area contributed by atoms with E-state index in [1.54, 1.807) is 11.8 Å². The van der Waals surface area contributed by atoms with Gasteiger partial charge in [0.05, 0.1) is 25.4 Å². The molecule has 0 atom stereocenters. The molecule has 0 aliphatic carbocycles. The molecular weight excluding hydrogens is 222 g/mol. The maximum absolute atomic E-state index is 9.28. The summed E-state index contributed by atoms with van der Waals surface area (Å²) >= 11 is 1.62. The zero-order valence-corrected chi connectivity index (χ0v) is 9.67. The van der Waals surface area contributed by atoms with E-state index in [9.17, 15) is 5.11 Å². The number of ether oxygens (including phenoxy) is 1. The van der Waals surface area contributed by atoms with E-state index < -0.39 is 0 Å². The maximum atomic E-state index is 9.28. The average Bonchev–Trinajstić information content (AvgIpc) is 2.29. The number of aliphatic hydroxyl groups is 1.